The third kappa shape index (κ3) is 5.42. The molecule has 7 heteroatoms. The fraction of sp³-hybridized carbons (Fsp3) is 0.440. The van der Waals surface area contributed by atoms with Crippen molar-refractivity contribution < 1.29 is 15.0 Å². The van der Waals surface area contributed by atoms with Crippen LogP contribution in [0.3, 0.4) is 0 Å². The summed E-state index contributed by atoms with van der Waals surface area (Å²) in [6, 6.07) is 9.11. The van der Waals surface area contributed by atoms with E-state index in [1.54, 1.807) is 23.2 Å². The lowest BCUT2D eigenvalue weighted by Crippen LogP contribution is -2.42. The zero-order valence-electron chi connectivity index (χ0n) is 18.2. The number of halogens is 1. The molecule has 0 radical (unpaired) electrons. The SMILES string of the molecule is CC1(O)CCN(c2cc(Cl)ncc2C#Cc2ccc(C(=O)N3CCC(O)CC3)cc2)CC1. The minimum atomic E-state index is -0.633. The fourth-order valence-corrected chi connectivity index (χ4v) is 4.25. The van der Waals surface area contributed by atoms with Crippen molar-refractivity contribution in [2.45, 2.75) is 44.3 Å². The van der Waals surface area contributed by atoms with Crippen LogP contribution in [0.4, 0.5) is 5.69 Å². The molecule has 168 valence electrons. The van der Waals surface area contributed by atoms with Gasteiger partial charge in [-0.15, -0.1) is 0 Å². The maximum absolute atomic E-state index is 12.7. The van der Waals surface area contributed by atoms with Crippen LogP contribution in [0.25, 0.3) is 0 Å². The average Bonchev–Trinajstić information content (AvgIpc) is 2.79. The van der Waals surface area contributed by atoms with Crippen molar-refractivity contribution in [3.05, 3.63) is 58.4 Å². The normalized spacial score (nSPS) is 18.8. The molecule has 32 heavy (non-hydrogen) atoms. The monoisotopic (exact) mass is 453 g/mol. The van der Waals surface area contributed by atoms with Crippen LogP contribution in [0.5, 0.6) is 0 Å². The van der Waals surface area contributed by atoms with Gasteiger partial charge in [0.1, 0.15) is 5.15 Å². The van der Waals surface area contributed by atoms with Crippen molar-refractivity contribution in [2.75, 3.05) is 31.1 Å². The number of hydrogen-bond donors (Lipinski definition) is 2. The lowest BCUT2D eigenvalue weighted by molar-refractivity contribution is 0.0351. The Hall–Kier alpha value is -2.59. The van der Waals surface area contributed by atoms with Gasteiger partial charge in [-0.2, -0.15) is 0 Å². The van der Waals surface area contributed by atoms with Crippen LogP contribution in [-0.2, 0) is 0 Å². The van der Waals surface area contributed by atoms with Gasteiger partial charge in [0.15, 0.2) is 0 Å². The van der Waals surface area contributed by atoms with Gasteiger partial charge in [0, 0.05) is 49.6 Å². The second-order valence-corrected chi connectivity index (χ2v) is 9.25. The van der Waals surface area contributed by atoms with Crippen molar-refractivity contribution in [3.63, 3.8) is 0 Å². The van der Waals surface area contributed by atoms with E-state index in [0.29, 0.717) is 49.5 Å². The van der Waals surface area contributed by atoms with Gasteiger partial charge in [-0.25, -0.2) is 4.98 Å². The van der Waals surface area contributed by atoms with Gasteiger partial charge >= 0.3 is 0 Å². The molecule has 1 amide bonds. The Morgan fingerprint density at radius 2 is 1.78 bits per heavy atom. The molecule has 0 saturated carbocycles. The number of likely N-dealkylation sites (tertiary alicyclic amines) is 1. The van der Waals surface area contributed by atoms with E-state index in [2.05, 4.69) is 21.7 Å². The first kappa shape index (κ1) is 22.6. The molecule has 0 aliphatic carbocycles. The molecule has 2 saturated heterocycles. The van der Waals surface area contributed by atoms with Crippen LogP contribution >= 0.6 is 11.6 Å². The maximum atomic E-state index is 12.7. The van der Waals surface area contributed by atoms with Crippen molar-refractivity contribution in [2.24, 2.45) is 0 Å². The van der Waals surface area contributed by atoms with Crippen LogP contribution in [0.1, 0.15) is 54.1 Å². The third-order valence-electron chi connectivity index (χ3n) is 6.26. The third-order valence-corrected chi connectivity index (χ3v) is 6.46. The summed E-state index contributed by atoms with van der Waals surface area (Å²) < 4.78 is 0. The molecule has 0 spiro atoms. The van der Waals surface area contributed by atoms with Gasteiger partial charge in [-0.3, -0.25) is 4.79 Å². The second-order valence-electron chi connectivity index (χ2n) is 8.86. The number of aromatic nitrogens is 1. The van der Waals surface area contributed by atoms with E-state index in [1.807, 2.05) is 25.1 Å². The van der Waals surface area contributed by atoms with Crippen molar-refractivity contribution in [1.82, 2.24) is 9.88 Å². The number of anilines is 1. The highest BCUT2D eigenvalue weighted by Crippen LogP contribution is 2.29. The van der Waals surface area contributed by atoms with E-state index in [4.69, 9.17) is 11.6 Å². The Balaban J connectivity index is 1.48. The Morgan fingerprint density at radius 3 is 2.44 bits per heavy atom. The Labute approximate surface area is 193 Å². The summed E-state index contributed by atoms with van der Waals surface area (Å²) in [5.41, 5.74) is 2.50. The minimum absolute atomic E-state index is 0.0124. The van der Waals surface area contributed by atoms with E-state index < -0.39 is 5.60 Å². The molecule has 2 aliphatic heterocycles. The molecule has 6 nitrogen and oxygen atoms in total. The van der Waals surface area contributed by atoms with Crippen LogP contribution in [0.2, 0.25) is 5.15 Å². The van der Waals surface area contributed by atoms with E-state index in [1.165, 1.54) is 0 Å². The molecular formula is C25H28ClN3O3. The number of pyridine rings is 1. The molecular weight excluding hydrogens is 426 g/mol. The lowest BCUT2D eigenvalue weighted by Gasteiger charge is -2.37. The summed E-state index contributed by atoms with van der Waals surface area (Å²) >= 11 is 6.14. The van der Waals surface area contributed by atoms with Gasteiger partial charge < -0.3 is 20.0 Å². The summed E-state index contributed by atoms with van der Waals surface area (Å²) in [5.74, 6) is 6.34. The molecule has 0 unspecified atom stereocenters. The molecule has 2 fully saturated rings. The van der Waals surface area contributed by atoms with Crippen LogP contribution in [-0.4, -0.2) is 63.9 Å². The summed E-state index contributed by atoms with van der Waals surface area (Å²) in [7, 11) is 0. The van der Waals surface area contributed by atoms with Crippen molar-refractivity contribution >= 4 is 23.2 Å². The minimum Gasteiger partial charge on any atom is -0.393 e. The fourth-order valence-electron chi connectivity index (χ4n) is 4.09. The predicted octanol–water partition coefficient (Wildman–Crippen LogP) is 3.08. The predicted molar refractivity (Wildman–Crippen MR) is 125 cm³/mol. The molecule has 1 aromatic heterocycles. The number of carbonyl (C=O) groups is 1. The molecule has 3 heterocycles. The Morgan fingerprint density at radius 1 is 1.12 bits per heavy atom. The smallest absolute Gasteiger partial charge is 0.253 e. The average molecular weight is 454 g/mol. The van der Waals surface area contributed by atoms with Crippen molar-refractivity contribution in [3.8, 4) is 11.8 Å². The summed E-state index contributed by atoms with van der Waals surface area (Å²) in [6.07, 6.45) is 4.00. The molecule has 4 rings (SSSR count). The number of amides is 1. The van der Waals surface area contributed by atoms with Crippen LogP contribution in [0.15, 0.2) is 36.5 Å². The second kappa shape index (κ2) is 9.50. The van der Waals surface area contributed by atoms with Crippen molar-refractivity contribution in [1.29, 1.82) is 0 Å². The lowest BCUT2D eigenvalue weighted by atomic mass is 9.93. The Bertz CT molecular complexity index is 1020. The number of piperidine rings is 2. The topological polar surface area (TPSA) is 76.9 Å². The Kier molecular flexibility index (Phi) is 6.71. The number of rotatable bonds is 2. The molecule has 2 N–H and O–H groups in total. The highest BCUT2D eigenvalue weighted by Gasteiger charge is 2.28. The highest BCUT2D eigenvalue weighted by atomic mass is 35.5. The number of hydrogen-bond acceptors (Lipinski definition) is 5. The molecule has 1 aromatic carbocycles. The van der Waals surface area contributed by atoms with Gasteiger partial charge in [0.05, 0.1) is 23.0 Å². The standard InChI is InChI=1S/C25H28ClN3O3/c1-25(32)10-14-28(15-11-25)22-16-23(26)27-17-20(22)7-4-18-2-5-19(6-3-18)24(31)29-12-8-21(30)9-13-29/h2-3,5-6,16-17,21,30,32H,8-15H2,1H3. The van der Waals surface area contributed by atoms with Crippen LogP contribution < -0.4 is 4.90 Å². The first-order valence-electron chi connectivity index (χ1n) is 11.0. The van der Waals surface area contributed by atoms with E-state index >= 15 is 0 Å². The first-order chi connectivity index (χ1) is 15.3. The first-order valence-corrected chi connectivity index (χ1v) is 11.4. The molecule has 2 aliphatic rings. The summed E-state index contributed by atoms with van der Waals surface area (Å²) in [5, 5.41) is 20.3. The van der Waals surface area contributed by atoms with E-state index in [0.717, 1.165) is 29.9 Å². The quantitative estimate of drug-likeness (QED) is 0.539. The molecule has 2 aromatic rings. The zero-order valence-corrected chi connectivity index (χ0v) is 19.0. The van der Waals surface area contributed by atoms with Gasteiger partial charge in [-0.1, -0.05) is 23.4 Å². The number of aliphatic hydroxyl groups is 2. The van der Waals surface area contributed by atoms with E-state index in [-0.39, 0.29) is 12.0 Å². The number of carbonyl (C=O) groups excluding carboxylic acids is 1. The molecule has 0 atom stereocenters. The van der Waals surface area contributed by atoms with Gasteiger partial charge in [0.2, 0.25) is 0 Å². The number of nitrogens with zero attached hydrogens (tertiary/aromatic N) is 3. The molecule has 0 bridgehead atoms. The van der Waals surface area contributed by atoms with Crippen LogP contribution in [0, 0.1) is 11.8 Å². The number of aliphatic hydroxyl groups excluding tert-OH is 1. The van der Waals surface area contributed by atoms with Gasteiger partial charge in [-0.05, 0) is 56.9 Å². The summed E-state index contributed by atoms with van der Waals surface area (Å²) in [6.45, 7) is 4.49. The largest absolute Gasteiger partial charge is 0.393 e. The zero-order chi connectivity index (χ0) is 22.7. The maximum Gasteiger partial charge on any atom is 0.253 e. The van der Waals surface area contributed by atoms with E-state index in [9.17, 15) is 15.0 Å². The highest BCUT2D eigenvalue weighted by molar-refractivity contribution is 6.29. The summed E-state index contributed by atoms with van der Waals surface area (Å²) in [4.78, 5) is 20.8. The van der Waals surface area contributed by atoms with Gasteiger partial charge in [0.25, 0.3) is 5.91 Å². The number of benzene rings is 1.